The van der Waals surface area contributed by atoms with Crippen LogP contribution in [-0.2, 0) is 17.4 Å². The molecule has 0 saturated heterocycles. The molecule has 0 spiro atoms. The van der Waals surface area contributed by atoms with Crippen LogP contribution in [0.4, 0.5) is 23.2 Å². The van der Waals surface area contributed by atoms with Crippen LogP contribution in [-0.4, -0.2) is 8.76 Å². The number of anilines is 1. The summed E-state index contributed by atoms with van der Waals surface area (Å²) in [5.41, 5.74) is 0.494. The van der Waals surface area contributed by atoms with E-state index < -0.39 is 28.8 Å². The van der Waals surface area contributed by atoms with Crippen LogP contribution in [0.2, 0.25) is 0 Å². The molecule has 8 heteroatoms. The van der Waals surface area contributed by atoms with Gasteiger partial charge in [0, 0.05) is 5.69 Å². The minimum absolute atomic E-state index is 0.291. The first-order valence-corrected chi connectivity index (χ1v) is 7.14. The predicted molar refractivity (Wildman–Crippen MR) is 76.0 cm³/mol. The second kappa shape index (κ2) is 6.05. The minimum Gasteiger partial charge on any atom is -0.289 e. The molecular weight excluding hydrogens is 322 g/mol. The third kappa shape index (κ3) is 3.63. The van der Waals surface area contributed by atoms with Gasteiger partial charge in [-0.1, -0.05) is 12.1 Å². The largest absolute Gasteiger partial charge is 0.419 e. The summed E-state index contributed by atoms with van der Waals surface area (Å²) in [6.45, 7) is 1.66. The Hall–Kier alpha value is -1.93. The van der Waals surface area contributed by atoms with E-state index in [0.29, 0.717) is 28.4 Å². The predicted octanol–water partition coefficient (Wildman–Crippen LogP) is 4.37. The van der Waals surface area contributed by atoms with E-state index in [4.69, 9.17) is 4.55 Å². The van der Waals surface area contributed by atoms with E-state index in [9.17, 15) is 21.8 Å². The molecule has 22 heavy (non-hydrogen) atoms. The summed E-state index contributed by atoms with van der Waals surface area (Å²) in [6, 6.07) is 7.25. The molecule has 0 saturated carbocycles. The maximum atomic E-state index is 13.6. The van der Waals surface area contributed by atoms with E-state index in [1.165, 1.54) is 18.2 Å². The van der Waals surface area contributed by atoms with Crippen LogP contribution in [0.15, 0.2) is 36.4 Å². The lowest BCUT2D eigenvalue weighted by atomic mass is 9.98. The Bertz CT molecular complexity index is 731. The van der Waals surface area contributed by atoms with Crippen molar-refractivity contribution in [1.29, 1.82) is 0 Å². The van der Waals surface area contributed by atoms with Crippen molar-refractivity contribution in [1.82, 2.24) is 0 Å². The number of hydrogen-bond donors (Lipinski definition) is 2. The Morgan fingerprint density at radius 3 is 2.32 bits per heavy atom. The molecule has 2 N–H and O–H groups in total. The molecule has 0 amide bonds. The van der Waals surface area contributed by atoms with Crippen molar-refractivity contribution in [3.8, 4) is 11.1 Å². The molecule has 0 fully saturated rings. The Kier molecular flexibility index (Phi) is 4.52. The van der Waals surface area contributed by atoms with Crippen molar-refractivity contribution < 1.29 is 26.3 Å². The van der Waals surface area contributed by atoms with Crippen molar-refractivity contribution in [2.24, 2.45) is 0 Å². The number of benzene rings is 2. The number of halogens is 4. The molecule has 0 aromatic heterocycles. The quantitative estimate of drug-likeness (QED) is 0.647. The normalized spacial score (nSPS) is 13.0. The zero-order valence-electron chi connectivity index (χ0n) is 11.2. The van der Waals surface area contributed by atoms with Crippen molar-refractivity contribution in [3.63, 3.8) is 0 Å². The zero-order chi connectivity index (χ0) is 16.5. The van der Waals surface area contributed by atoms with Crippen LogP contribution in [0.25, 0.3) is 11.1 Å². The highest BCUT2D eigenvalue weighted by Gasteiger charge is 2.33. The van der Waals surface area contributed by atoms with E-state index in [2.05, 4.69) is 4.72 Å². The number of nitrogens with one attached hydrogen (secondary N) is 1. The molecule has 1 unspecified atom stereocenters. The van der Waals surface area contributed by atoms with Gasteiger partial charge in [0.05, 0.1) is 5.56 Å². The highest BCUT2D eigenvalue weighted by atomic mass is 32.2. The van der Waals surface area contributed by atoms with Gasteiger partial charge in [0.1, 0.15) is 5.82 Å². The number of aryl methyl sites for hydroxylation is 1. The first-order chi connectivity index (χ1) is 10.2. The molecular formula is C14H11F4NO2S. The lowest BCUT2D eigenvalue weighted by Gasteiger charge is -2.12. The van der Waals surface area contributed by atoms with Gasteiger partial charge in [-0.3, -0.25) is 9.27 Å². The fourth-order valence-electron chi connectivity index (χ4n) is 2.06. The van der Waals surface area contributed by atoms with Gasteiger partial charge in [-0.05, 0) is 47.9 Å². The first-order valence-electron chi connectivity index (χ1n) is 6.04. The van der Waals surface area contributed by atoms with E-state index in [1.807, 2.05) is 0 Å². The standard InChI is InChI=1S/C14H11F4NO2S/c1-8-6-10(19-22(20)21)3-4-11(8)9-2-5-12(13(15)7-9)14(16,17)18/h2-7,19H,1H3,(H,20,21). The van der Waals surface area contributed by atoms with Gasteiger partial charge in [-0.15, -0.1) is 0 Å². The van der Waals surface area contributed by atoms with Gasteiger partial charge in [-0.25, -0.2) is 8.60 Å². The topological polar surface area (TPSA) is 49.3 Å². The maximum absolute atomic E-state index is 13.6. The summed E-state index contributed by atoms with van der Waals surface area (Å²) in [5, 5.41) is 0. The highest BCUT2D eigenvalue weighted by molar-refractivity contribution is 7.80. The summed E-state index contributed by atoms with van der Waals surface area (Å²) < 4.78 is 72.9. The third-order valence-electron chi connectivity index (χ3n) is 3.02. The molecule has 3 nitrogen and oxygen atoms in total. The number of rotatable bonds is 3. The van der Waals surface area contributed by atoms with Gasteiger partial charge in [0.25, 0.3) is 11.3 Å². The Balaban J connectivity index is 2.40. The van der Waals surface area contributed by atoms with Gasteiger partial charge in [0.15, 0.2) is 0 Å². The van der Waals surface area contributed by atoms with E-state index in [1.54, 1.807) is 13.0 Å². The molecule has 2 aromatic rings. The molecule has 0 radical (unpaired) electrons. The summed E-state index contributed by atoms with van der Waals surface area (Å²) >= 11 is -2.23. The smallest absolute Gasteiger partial charge is 0.289 e. The molecule has 0 aliphatic carbocycles. The number of hydrogen-bond acceptors (Lipinski definition) is 1. The average Bonchev–Trinajstić information content (AvgIpc) is 2.36. The first kappa shape index (κ1) is 16.4. The average molecular weight is 333 g/mol. The summed E-state index contributed by atoms with van der Waals surface area (Å²) in [6.07, 6.45) is -4.74. The molecule has 0 bridgehead atoms. The molecule has 1 atom stereocenters. The van der Waals surface area contributed by atoms with Crippen LogP contribution in [0.3, 0.4) is 0 Å². The molecule has 2 aromatic carbocycles. The van der Waals surface area contributed by atoms with Gasteiger partial charge >= 0.3 is 6.18 Å². The van der Waals surface area contributed by atoms with Crippen molar-refractivity contribution >= 4 is 17.0 Å². The van der Waals surface area contributed by atoms with Crippen LogP contribution < -0.4 is 4.72 Å². The van der Waals surface area contributed by atoms with E-state index >= 15 is 0 Å². The van der Waals surface area contributed by atoms with Crippen molar-refractivity contribution in [2.75, 3.05) is 4.72 Å². The fraction of sp³-hybridized carbons (Fsp3) is 0.143. The van der Waals surface area contributed by atoms with Crippen molar-refractivity contribution in [2.45, 2.75) is 13.1 Å². The maximum Gasteiger partial charge on any atom is 0.419 e. The highest BCUT2D eigenvalue weighted by Crippen LogP contribution is 2.34. The molecule has 0 aliphatic rings. The molecule has 118 valence electrons. The van der Waals surface area contributed by atoms with Crippen LogP contribution >= 0.6 is 0 Å². The monoisotopic (exact) mass is 333 g/mol. The van der Waals surface area contributed by atoms with Crippen molar-refractivity contribution in [3.05, 3.63) is 53.3 Å². The van der Waals surface area contributed by atoms with Crippen LogP contribution in [0, 0.1) is 12.7 Å². The zero-order valence-corrected chi connectivity index (χ0v) is 12.1. The lowest BCUT2D eigenvalue weighted by molar-refractivity contribution is -0.139. The van der Waals surface area contributed by atoms with E-state index in [-0.39, 0.29) is 0 Å². The lowest BCUT2D eigenvalue weighted by Crippen LogP contribution is -2.08. The third-order valence-corrected chi connectivity index (χ3v) is 3.43. The molecule has 0 heterocycles. The minimum atomic E-state index is -4.74. The Morgan fingerprint density at radius 2 is 1.82 bits per heavy atom. The summed E-state index contributed by atoms with van der Waals surface area (Å²) in [4.78, 5) is 0. The number of alkyl halides is 3. The molecule has 2 rings (SSSR count). The van der Waals surface area contributed by atoms with Gasteiger partial charge in [0.2, 0.25) is 0 Å². The Morgan fingerprint density at radius 1 is 1.14 bits per heavy atom. The summed E-state index contributed by atoms with van der Waals surface area (Å²) in [5.74, 6) is -1.34. The second-order valence-corrected chi connectivity index (χ2v) is 5.28. The van der Waals surface area contributed by atoms with E-state index in [0.717, 1.165) is 6.07 Å². The summed E-state index contributed by atoms with van der Waals surface area (Å²) in [7, 11) is 0. The fourth-order valence-corrected chi connectivity index (χ4v) is 2.39. The second-order valence-electron chi connectivity index (χ2n) is 4.57. The SMILES string of the molecule is Cc1cc(NS(=O)O)ccc1-c1ccc(C(F)(F)F)c(F)c1. The van der Waals surface area contributed by atoms with Gasteiger partial charge in [-0.2, -0.15) is 13.2 Å². The Labute approximate surface area is 126 Å². The van der Waals surface area contributed by atoms with Crippen LogP contribution in [0.5, 0.6) is 0 Å². The van der Waals surface area contributed by atoms with Crippen LogP contribution in [0.1, 0.15) is 11.1 Å². The molecule has 0 aliphatic heterocycles. The van der Waals surface area contributed by atoms with Gasteiger partial charge < -0.3 is 0 Å².